The van der Waals surface area contributed by atoms with Gasteiger partial charge in [0.15, 0.2) is 0 Å². The van der Waals surface area contributed by atoms with Crippen LogP contribution in [0, 0.1) is 0 Å². The lowest BCUT2D eigenvalue weighted by atomic mass is 10.2. The molecule has 1 N–H and O–H groups in total. The van der Waals surface area contributed by atoms with Crippen LogP contribution in [-0.2, 0) is 52.4 Å². The predicted octanol–water partition coefficient (Wildman–Crippen LogP) is 5.70. The molecule has 0 saturated heterocycles. The number of hydrogen-bond donors (Lipinski definition) is 1. The topological polar surface area (TPSA) is 161 Å². The fraction of sp³-hybridized carbons (Fsp3) is 0.800. The van der Waals surface area contributed by atoms with Gasteiger partial charge in [0, 0.05) is 38.7 Å². The third-order valence-corrected chi connectivity index (χ3v) is 6.92. The van der Waals surface area contributed by atoms with E-state index in [1.807, 2.05) is 0 Å². The Bertz CT molecular complexity index is 829. The predicted molar refractivity (Wildman–Crippen MR) is 175 cm³/mol. The van der Waals surface area contributed by atoms with E-state index >= 15 is 0 Å². The summed E-state index contributed by atoms with van der Waals surface area (Å²) in [6, 6.07) is 0. The zero-order valence-corrected chi connectivity index (χ0v) is 28.5. The first kappa shape index (κ1) is 44.0. The molecule has 0 spiro atoms. The molecular weight excluding hydrogens is 612 g/mol. The van der Waals surface area contributed by atoms with E-state index in [0.717, 1.165) is 38.5 Å². The summed E-state index contributed by atoms with van der Waals surface area (Å²) in [5, 5.41) is 8.72. The van der Waals surface area contributed by atoms with Gasteiger partial charge >= 0.3 is 29.8 Å². The molecule has 0 aromatic carbocycles. The van der Waals surface area contributed by atoms with Gasteiger partial charge in [0.1, 0.15) is 6.61 Å². The maximum atomic E-state index is 11.9. The second-order valence-corrected chi connectivity index (χ2v) is 11.2. The monoisotopic (exact) mass is 672 g/mol. The average molecular weight is 673 g/mol. The zero-order chi connectivity index (χ0) is 34.6. The maximum Gasteiger partial charge on any atom is 0.305 e. The number of aliphatic hydroxyl groups is 1. The fourth-order valence-corrected chi connectivity index (χ4v) is 4.24. The molecule has 12 nitrogen and oxygen atoms in total. The number of hydrogen-bond acceptors (Lipinski definition) is 12. The van der Waals surface area contributed by atoms with Crippen molar-refractivity contribution in [2.24, 2.45) is 0 Å². The van der Waals surface area contributed by atoms with Crippen LogP contribution in [0.1, 0.15) is 128 Å². The Morgan fingerprint density at radius 1 is 0.404 bits per heavy atom. The van der Waals surface area contributed by atoms with Crippen LogP contribution in [0.3, 0.4) is 0 Å². The molecule has 0 aliphatic rings. The van der Waals surface area contributed by atoms with Gasteiger partial charge in [0.05, 0.1) is 39.6 Å². The summed E-state index contributed by atoms with van der Waals surface area (Å²) in [6.07, 6.45) is 14.1. The van der Waals surface area contributed by atoms with Crippen LogP contribution >= 0.6 is 0 Å². The number of unbranched alkanes of at least 4 members (excludes halogenated alkanes) is 10. The molecule has 0 aliphatic heterocycles. The van der Waals surface area contributed by atoms with E-state index in [4.69, 9.17) is 33.5 Å². The summed E-state index contributed by atoms with van der Waals surface area (Å²) >= 11 is 0. The minimum Gasteiger partial charge on any atom is -0.466 e. The van der Waals surface area contributed by atoms with Crippen LogP contribution in [-0.4, -0.2) is 87.8 Å². The van der Waals surface area contributed by atoms with Crippen molar-refractivity contribution in [3.05, 3.63) is 12.7 Å². The SMILES string of the molecule is C=CCOCCOC(=O)CCCCCOC(=O)CCCCCOC(=O)CCCCCOC(=O)CCCCCOC(=O)CCCCCO. The van der Waals surface area contributed by atoms with E-state index < -0.39 is 0 Å². The van der Waals surface area contributed by atoms with Crippen molar-refractivity contribution in [3.63, 3.8) is 0 Å². The summed E-state index contributed by atoms with van der Waals surface area (Å²) in [7, 11) is 0. The molecule has 0 aromatic heterocycles. The van der Waals surface area contributed by atoms with E-state index in [2.05, 4.69) is 6.58 Å². The van der Waals surface area contributed by atoms with Gasteiger partial charge in [-0.15, -0.1) is 6.58 Å². The number of ether oxygens (including phenoxy) is 6. The number of rotatable bonds is 34. The lowest BCUT2D eigenvalue weighted by Crippen LogP contribution is -2.10. The second kappa shape index (κ2) is 34.3. The Balaban J connectivity index is 3.44. The molecule has 0 bridgehead atoms. The highest BCUT2D eigenvalue weighted by molar-refractivity contribution is 5.70. The van der Waals surface area contributed by atoms with Crippen molar-refractivity contribution in [3.8, 4) is 0 Å². The minimum absolute atomic E-state index is 0.142. The third kappa shape index (κ3) is 34.2. The average Bonchev–Trinajstić information content (AvgIpc) is 3.05. The zero-order valence-electron chi connectivity index (χ0n) is 28.5. The highest BCUT2D eigenvalue weighted by atomic mass is 16.6. The first-order chi connectivity index (χ1) is 22.9. The molecule has 0 aromatic rings. The number of esters is 5. The van der Waals surface area contributed by atoms with Gasteiger partial charge in [-0.25, -0.2) is 0 Å². The molecular formula is C35H60O12. The Hall–Kier alpha value is -2.99. The van der Waals surface area contributed by atoms with Gasteiger partial charge in [0.2, 0.25) is 0 Å². The summed E-state index contributed by atoms with van der Waals surface area (Å²) in [6.45, 7) is 6.03. The number of carbonyl (C=O) groups is 5. The largest absolute Gasteiger partial charge is 0.466 e. The summed E-state index contributed by atoms with van der Waals surface area (Å²) in [4.78, 5) is 58.7. The summed E-state index contributed by atoms with van der Waals surface area (Å²) < 4.78 is 31.0. The Morgan fingerprint density at radius 2 is 0.702 bits per heavy atom. The van der Waals surface area contributed by atoms with Crippen molar-refractivity contribution >= 4 is 29.8 Å². The van der Waals surface area contributed by atoms with Gasteiger partial charge in [-0.2, -0.15) is 0 Å². The second-order valence-electron chi connectivity index (χ2n) is 11.2. The fourth-order valence-electron chi connectivity index (χ4n) is 4.24. The van der Waals surface area contributed by atoms with Crippen LogP contribution < -0.4 is 0 Å². The smallest absolute Gasteiger partial charge is 0.305 e. The minimum atomic E-state index is -0.258. The van der Waals surface area contributed by atoms with E-state index in [1.54, 1.807) is 6.08 Å². The molecule has 0 saturated carbocycles. The van der Waals surface area contributed by atoms with Crippen LogP contribution in [0.5, 0.6) is 0 Å². The van der Waals surface area contributed by atoms with Crippen LogP contribution in [0.2, 0.25) is 0 Å². The van der Waals surface area contributed by atoms with E-state index in [9.17, 15) is 24.0 Å². The molecule has 0 unspecified atom stereocenters. The molecule has 0 heterocycles. The van der Waals surface area contributed by atoms with Crippen molar-refractivity contribution in [1.29, 1.82) is 0 Å². The quantitative estimate of drug-likeness (QED) is 0.0385. The normalized spacial score (nSPS) is 10.7. The molecule has 47 heavy (non-hydrogen) atoms. The molecule has 0 fully saturated rings. The van der Waals surface area contributed by atoms with Gasteiger partial charge in [0.25, 0.3) is 0 Å². The highest BCUT2D eigenvalue weighted by Gasteiger charge is 2.08. The van der Waals surface area contributed by atoms with Gasteiger partial charge in [-0.05, 0) is 89.9 Å². The first-order valence-corrected chi connectivity index (χ1v) is 17.5. The van der Waals surface area contributed by atoms with Crippen LogP contribution in [0.4, 0.5) is 0 Å². The molecule has 0 atom stereocenters. The van der Waals surface area contributed by atoms with Gasteiger partial charge in [-0.3, -0.25) is 24.0 Å². The molecule has 0 radical (unpaired) electrons. The molecule has 0 aliphatic carbocycles. The van der Waals surface area contributed by atoms with Crippen molar-refractivity contribution < 1.29 is 57.5 Å². The Labute approximate surface area is 281 Å². The van der Waals surface area contributed by atoms with E-state index in [0.29, 0.717) is 130 Å². The van der Waals surface area contributed by atoms with Gasteiger partial charge < -0.3 is 33.5 Å². The lowest BCUT2D eigenvalue weighted by Gasteiger charge is -2.07. The van der Waals surface area contributed by atoms with Crippen molar-refractivity contribution in [1.82, 2.24) is 0 Å². The standard InChI is InChI=1S/C35H60O12/c1-2-24-42-29-30-47-35(41)22-12-7-17-28-46-34(40)21-11-6-16-27-45-33(39)20-10-5-15-26-44-32(38)19-9-4-14-25-43-31(37)18-8-3-13-23-36/h2,36H,1,3-30H2. The van der Waals surface area contributed by atoms with E-state index in [1.165, 1.54) is 0 Å². The third-order valence-electron chi connectivity index (χ3n) is 6.92. The van der Waals surface area contributed by atoms with Crippen LogP contribution in [0.15, 0.2) is 12.7 Å². The lowest BCUT2D eigenvalue weighted by molar-refractivity contribution is -0.146. The maximum absolute atomic E-state index is 11.9. The molecule has 272 valence electrons. The van der Waals surface area contributed by atoms with Gasteiger partial charge in [-0.1, -0.05) is 12.5 Å². The Kier molecular flexibility index (Phi) is 32.2. The summed E-state index contributed by atoms with van der Waals surface area (Å²) in [5.74, 6) is -1.22. The summed E-state index contributed by atoms with van der Waals surface area (Å²) in [5.41, 5.74) is 0. The highest BCUT2D eigenvalue weighted by Crippen LogP contribution is 2.08. The number of carbonyl (C=O) groups excluding carboxylic acids is 5. The van der Waals surface area contributed by atoms with Crippen molar-refractivity contribution in [2.75, 3.05) is 52.9 Å². The molecule has 0 rings (SSSR count). The number of aliphatic hydroxyl groups excluding tert-OH is 1. The van der Waals surface area contributed by atoms with Crippen LogP contribution in [0.25, 0.3) is 0 Å². The first-order valence-electron chi connectivity index (χ1n) is 17.5. The Morgan fingerprint density at radius 3 is 1.00 bits per heavy atom. The van der Waals surface area contributed by atoms with E-state index in [-0.39, 0.29) is 43.1 Å². The molecule has 0 amide bonds. The molecule has 12 heteroatoms. The van der Waals surface area contributed by atoms with Crippen molar-refractivity contribution in [2.45, 2.75) is 128 Å².